The Morgan fingerprint density at radius 1 is 1.57 bits per heavy atom. The molecule has 0 aliphatic carbocycles. The molecule has 2 atom stereocenters. The SMILES string of the molecule is COCC(C)CNCCC1CCOC1. The summed E-state index contributed by atoms with van der Waals surface area (Å²) in [6.45, 7) is 7.15. The fraction of sp³-hybridized carbons (Fsp3) is 1.00. The molecule has 1 saturated heterocycles. The largest absolute Gasteiger partial charge is 0.384 e. The van der Waals surface area contributed by atoms with Gasteiger partial charge in [-0.15, -0.1) is 0 Å². The predicted molar refractivity (Wildman–Crippen MR) is 57.5 cm³/mol. The lowest BCUT2D eigenvalue weighted by Gasteiger charge is -2.12. The van der Waals surface area contributed by atoms with Crippen molar-refractivity contribution in [1.82, 2.24) is 5.32 Å². The lowest BCUT2D eigenvalue weighted by Crippen LogP contribution is -2.26. The number of methoxy groups -OCH3 is 1. The van der Waals surface area contributed by atoms with Gasteiger partial charge >= 0.3 is 0 Å². The van der Waals surface area contributed by atoms with Crippen LogP contribution in [0.15, 0.2) is 0 Å². The van der Waals surface area contributed by atoms with Gasteiger partial charge in [0.25, 0.3) is 0 Å². The lowest BCUT2D eigenvalue weighted by molar-refractivity contribution is 0.158. The topological polar surface area (TPSA) is 30.5 Å². The van der Waals surface area contributed by atoms with Crippen LogP contribution in [-0.4, -0.2) is 40.0 Å². The van der Waals surface area contributed by atoms with Gasteiger partial charge in [0.05, 0.1) is 0 Å². The van der Waals surface area contributed by atoms with Gasteiger partial charge in [-0.25, -0.2) is 0 Å². The first-order valence-corrected chi connectivity index (χ1v) is 5.60. The van der Waals surface area contributed by atoms with E-state index in [0.717, 1.165) is 38.8 Å². The molecular weight excluding hydrogens is 178 g/mol. The predicted octanol–water partition coefficient (Wildman–Crippen LogP) is 1.29. The molecule has 0 aromatic carbocycles. The number of rotatable bonds is 7. The molecular formula is C11H23NO2. The first kappa shape index (κ1) is 12.0. The average Bonchev–Trinajstić information content (AvgIpc) is 2.65. The van der Waals surface area contributed by atoms with Gasteiger partial charge in [-0.1, -0.05) is 6.92 Å². The van der Waals surface area contributed by atoms with Crippen LogP contribution in [0, 0.1) is 11.8 Å². The molecule has 0 amide bonds. The molecule has 14 heavy (non-hydrogen) atoms. The van der Waals surface area contributed by atoms with Crippen molar-refractivity contribution in [3.8, 4) is 0 Å². The standard InChI is InChI=1S/C11H23NO2/c1-10(8-13-2)7-12-5-3-11-4-6-14-9-11/h10-12H,3-9H2,1-2H3. The van der Waals surface area contributed by atoms with E-state index in [2.05, 4.69) is 12.2 Å². The molecule has 1 aliphatic heterocycles. The zero-order valence-corrected chi connectivity index (χ0v) is 9.42. The normalized spacial score (nSPS) is 24.0. The van der Waals surface area contributed by atoms with E-state index < -0.39 is 0 Å². The summed E-state index contributed by atoms with van der Waals surface area (Å²) in [5.74, 6) is 1.40. The van der Waals surface area contributed by atoms with Gasteiger partial charge in [-0.2, -0.15) is 0 Å². The Balaban J connectivity index is 1.88. The zero-order valence-electron chi connectivity index (χ0n) is 9.42. The van der Waals surface area contributed by atoms with Crippen LogP contribution < -0.4 is 5.32 Å². The van der Waals surface area contributed by atoms with Gasteiger partial charge in [0.1, 0.15) is 0 Å². The molecule has 0 aromatic rings. The minimum atomic E-state index is 0.611. The van der Waals surface area contributed by atoms with Crippen LogP contribution in [0.1, 0.15) is 19.8 Å². The van der Waals surface area contributed by atoms with Gasteiger partial charge in [0.15, 0.2) is 0 Å². The van der Waals surface area contributed by atoms with E-state index in [-0.39, 0.29) is 0 Å². The van der Waals surface area contributed by atoms with E-state index in [1.54, 1.807) is 7.11 Å². The zero-order chi connectivity index (χ0) is 10.2. The van der Waals surface area contributed by atoms with E-state index in [1.807, 2.05) is 0 Å². The summed E-state index contributed by atoms with van der Waals surface area (Å²) in [4.78, 5) is 0. The molecule has 2 unspecified atom stereocenters. The van der Waals surface area contributed by atoms with Gasteiger partial charge in [0.2, 0.25) is 0 Å². The minimum absolute atomic E-state index is 0.611. The Bertz CT molecular complexity index is 135. The second-order valence-corrected chi connectivity index (χ2v) is 4.28. The fourth-order valence-electron chi connectivity index (χ4n) is 1.81. The molecule has 0 aromatic heterocycles. The minimum Gasteiger partial charge on any atom is -0.384 e. The van der Waals surface area contributed by atoms with Crippen molar-refractivity contribution >= 4 is 0 Å². The molecule has 1 rings (SSSR count). The van der Waals surface area contributed by atoms with E-state index in [1.165, 1.54) is 12.8 Å². The van der Waals surface area contributed by atoms with Gasteiger partial charge in [-0.3, -0.25) is 0 Å². The highest BCUT2D eigenvalue weighted by molar-refractivity contribution is 4.66. The second kappa shape index (κ2) is 7.21. The highest BCUT2D eigenvalue weighted by Crippen LogP contribution is 2.15. The summed E-state index contributed by atoms with van der Waals surface area (Å²) in [5, 5.41) is 3.46. The number of hydrogen-bond donors (Lipinski definition) is 1. The molecule has 0 saturated carbocycles. The van der Waals surface area contributed by atoms with Crippen LogP contribution in [0.5, 0.6) is 0 Å². The molecule has 1 N–H and O–H groups in total. The third-order valence-electron chi connectivity index (χ3n) is 2.70. The van der Waals surface area contributed by atoms with Crippen molar-refractivity contribution in [2.24, 2.45) is 11.8 Å². The summed E-state index contributed by atoms with van der Waals surface area (Å²) in [5.41, 5.74) is 0. The molecule has 3 nitrogen and oxygen atoms in total. The molecule has 0 radical (unpaired) electrons. The molecule has 1 heterocycles. The second-order valence-electron chi connectivity index (χ2n) is 4.28. The Morgan fingerprint density at radius 3 is 3.07 bits per heavy atom. The maximum Gasteiger partial charge on any atom is 0.0499 e. The van der Waals surface area contributed by atoms with E-state index in [0.29, 0.717) is 5.92 Å². The van der Waals surface area contributed by atoms with Crippen LogP contribution >= 0.6 is 0 Å². The maximum atomic E-state index is 5.33. The monoisotopic (exact) mass is 201 g/mol. The third-order valence-corrected chi connectivity index (χ3v) is 2.70. The Hall–Kier alpha value is -0.120. The van der Waals surface area contributed by atoms with Crippen molar-refractivity contribution < 1.29 is 9.47 Å². The fourth-order valence-corrected chi connectivity index (χ4v) is 1.81. The lowest BCUT2D eigenvalue weighted by atomic mass is 10.1. The Labute approximate surface area is 87.2 Å². The first-order chi connectivity index (χ1) is 6.83. The number of nitrogens with one attached hydrogen (secondary N) is 1. The van der Waals surface area contributed by atoms with Crippen molar-refractivity contribution in [3.63, 3.8) is 0 Å². The molecule has 1 aliphatic rings. The Morgan fingerprint density at radius 2 is 2.43 bits per heavy atom. The van der Waals surface area contributed by atoms with E-state index in [4.69, 9.17) is 9.47 Å². The van der Waals surface area contributed by atoms with Crippen LogP contribution in [0.4, 0.5) is 0 Å². The van der Waals surface area contributed by atoms with Gasteiger partial charge in [-0.05, 0) is 37.8 Å². The van der Waals surface area contributed by atoms with Crippen LogP contribution in [0.25, 0.3) is 0 Å². The van der Waals surface area contributed by atoms with Crippen LogP contribution in [0.2, 0.25) is 0 Å². The van der Waals surface area contributed by atoms with Crippen molar-refractivity contribution in [3.05, 3.63) is 0 Å². The van der Waals surface area contributed by atoms with Crippen molar-refractivity contribution in [2.45, 2.75) is 19.8 Å². The van der Waals surface area contributed by atoms with E-state index in [9.17, 15) is 0 Å². The first-order valence-electron chi connectivity index (χ1n) is 5.60. The summed E-state index contributed by atoms with van der Waals surface area (Å²) < 4.78 is 10.4. The van der Waals surface area contributed by atoms with Crippen LogP contribution in [-0.2, 0) is 9.47 Å². The highest BCUT2D eigenvalue weighted by atomic mass is 16.5. The summed E-state index contributed by atoms with van der Waals surface area (Å²) in [6.07, 6.45) is 2.50. The molecule has 84 valence electrons. The molecule has 0 spiro atoms. The van der Waals surface area contributed by atoms with E-state index >= 15 is 0 Å². The average molecular weight is 201 g/mol. The van der Waals surface area contributed by atoms with Crippen molar-refractivity contribution in [2.75, 3.05) is 40.0 Å². The van der Waals surface area contributed by atoms with Crippen LogP contribution in [0.3, 0.4) is 0 Å². The molecule has 1 fully saturated rings. The summed E-state index contributed by atoms with van der Waals surface area (Å²) in [7, 11) is 1.76. The highest BCUT2D eigenvalue weighted by Gasteiger charge is 2.14. The summed E-state index contributed by atoms with van der Waals surface area (Å²) >= 11 is 0. The van der Waals surface area contributed by atoms with Gasteiger partial charge < -0.3 is 14.8 Å². The number of hydrogen-bond acceptors (Lipinski definition) is 3. The third kappa shape index (κ3) is 4.94. The Kier molecular flexibility index (Phi) is 6.15. The van der Waals surface area contributed by atoms with Crippen molar-refractivity contribution in [1.29, 1.82) is 0 Å². The smallest absolute Gasteiger partial charge is 0.0499 e. The molecule has 0 bridgehead atoms. The maximum absolute atomic E-state index is 5.33. The number of ether oxygens (including phenoxy) is 2. The quantitative estimate of drug-likeness (QED) is 0.630. The summed E-state index contributed by atoms with van der Waals surface area (Å²) in [6, 6.07) is 0. The van der Waals surface area contributed by atoms with Gasteiger partial charge in [0, 0.05) is 26.9 Å². The molecule has 3 heteroatoms.